The molecule has 0 spiro atoms. The van der Waals surface area contributed by atoms with Gasteiger partial charge in [-0.25, -0.2) is 17.5 Å². The predicted octanol–water partition coefficient (Wildman–Crippen LogP) is 1.81. The Bertz CT molecular complexity index is 760. The number of carbonyl (C=O) groups is 1. The van der Waals surface area contributed by atoms with Gasteiger partial charge < -0.3 is 10.2 Å². The summed E-state index contributed by atoms with van der Waals surface area (Å²) in [5.74, 6) is 0. The fourth-order valence-corrected chi connectivity index (χ4v) is 4.30. The maximum Gasteiger partial charge on any atom is 0.435 e. The Hall–Kier alpha value is -1.82. The van der Waals surface area contributed by atoms with E-state index in [1.165, 1.54) is 25.9 Å². The number of urea groups is 1. The van der Waals surface area contributed by atoms with Crippen molar-refractivity contribution in [3.05, 3.63) is 11.9 Å². The average molecular weight is 397 g/mol. The van der Waals surface area contributed by atoms with E-state index in [0.717, 1.165) is 15.2 Å². The van der Waals surface area contributed by atoms with Gasteiger partial charge in [0.05, 0.1) is 17.1 Å². The van der Waals surface area contributed by atoms with Gasteiger partial charge in [-0.05, 0) is 19.8 Å². The topological polar surface area (TPSA) is 87.5 Å². The van der Waals surface area contributed by atoms with Crippen molar-refractivity contribution in [1.29, 1.82) is 0 Å². The Kier molecular flexibility index (Phi) is 5.85. The van der Waals surface area contributed by atoms with Gasteiger partial charge in [0.15, 0.2) is 5.69 Å². The summed E-state index contributed by atoms with van der Waals surface area (Å²) in [5.41, 5.74) is -1.48. The van der Waals surface area contributed by atoms with Crippen LogP contribution in [0.5, 0.6) is 0 Å². The second-order valence-corrected chi connectivity index (χ2v) is 8.62. The first-order valence-corrected chi connectivity index (χ1v) is 9.59. The number of carbonyl (C=O) groups excluding carboxylic acids is 1. The number of aromatic nitrogens is 2. The van der Waals surface area contributed by atoms with Crippen LogP contribution in [0.25, 0.3) is 0 Å². The highest BCUT2D eigenvalue weighted by molar-refractivity contribution is 7.89. The molecule has 1 aliphatic heterocycles. The summed E-state index contributed by atoms with van der Waals surface area (Å²) in [6.45, 7) is 1.71. The van der Waals surface area contributed by atoms with Crippen LogP contribution in [0, 0.1) is 0 Å². The van der Waals surface area contributed by atoms with Crippen molar-refractivity contribution < 1.29 is 26.4 Å². The number of halogens is 3. The monoisotopic (exact) mass is 397 g/mol. The first-order valence-electron chi connectivity index (χ1n) is 8.08. The fraction of sp³-hybridized carbons (Fsp3) is 0.714. The van der Waals surface area contributed by atoms with Crippen LogP contribution in [-0.4, -0.2) is 65.9 Å². The average Bonchev–Trinajstić information content (AvgIpc) is 2.97. The molecule has 2 amide bonds. The zero-order valence-corrected chi connectivity index (χ0v) is 15.6. The smallest absolute Gasteiger partial charge is 0.323 e. The van der Waals surface area contributed by atoms with E-state index >= 15 is 0 Å². The summed E-state index contributed by atoms with van der Waals surface area (Å²) < 4.78 is 66.0. The molecule has 2 rings (SSSR count). The second-order valence-electron chi connectivity index (χ2n) is 6.19. The number of piperidine rings is 1. The van der Waals surface area contributed by atoms with Gasteiger partial charge in [-0.3, -0.25) is 4.68 Å². The lowest BCUT2D eigenvalue weighted by Gasteiger charge is -2.33. The third kappa shape index (κ3) is 4.11. The van der Waals surface area contributed by atoms with Crippen molar-refractivity contribution >= 4 is 21.7 Å². The molecule has 1 atom stereocenters. The molecule has 1 unspecified atom stereocenters. The summed E-state index contributed by atoms with van der Waals surface area (Å²) in [4.78, 5) is 13.6. The molecule has 0 radical (unpaired) electrons. The van der Waals surface area contributed by atoms with Gasteiger partial charge in [-0.2, -0.15) is 18.3 Å². The van der Waals surface area contributed by atoms with Crippen LogP contribution in [0.15, 0.2) is 6.20 Å². The fourth-order valence-electron chi connectivity index (χ4n) is 2.87. The first kappa shape index (κ1) is 20.5. The van der Waals surface area contributed by atoms with Gasteiger partial charge in [-0.1, -0.05) is 0 Å². The number of amides is 2. The highest BCUT2D eigenvalue weighted by Gasteiger charge is 2.39. The molecule has 1 aromatic heterocycles. The van der Waals surface area contributed by atoms with E-state index in [9.17, 15) is 26.4 Å². The highest BCUT2D eigenvalue weighted by atomic mass is 32.2. The van der Waals surface area contributed by atoms with Crippen molar-refractivity contribution in [1.82, 2.24) is 19.0 Å². The van der Waals surface area contributed by atoms with Crippen molar-refractivity contribution in [2.75, 3.05) is 32.5 Å². The minimum atomic E-state index is -4.67. The van der Waals surface area contributed by atoms with E-state index in [-0.39, 0.29) is 19.6 Å². The zero-order valence-electron chi connectivity index (χ0n) is 14.7. The number of nitrogens with zero attached hydrogens (tertiary/aromatic N) is 4. The Labute approximate surface area is 150 Å². The number of hydrogen-bond acceptors (Lipinski definition) is 4. The van der Waals surface area contributed by atoms with E-state index in [0.29, 0.717) is 12.8 Å². The second kappa shape index (κ2) is 7.43. The molecule has 0 bridgehead atoms. The Morgan fingerprint density at radius 1 is 1.42 bits per heavy atom. The molecular weight excluding hydrogens is 375 g/mol. The molecule has 1 N–H and O–H groups in total. The molecule has 12 heteroatoms. The summed E-state index contributed by atoms with van der Waals surface area (Å²) in [6, 6.07) is -0.773. The lowest BCUT2D eigenvalue weighted by molar-refractivity contribution is -0.143. The van der Waals surface area contributed by atoms with Crippen LogP contribution >= 0.6 is 0 Å². The standard InChI is InChI=1S/C14H22F3N5O3S/c1-4-22-12(14(15,16)17)11(8-18-22)19-13(23)21-7-5-6-10(9-21)26(24,25)20(2)3/h8,10H,4-7,9H2,1-3H3,(H,19,23). The first-order chi connectivity index (χ1) is 12.0. The highest BCUT2D eigenvalue weighted by Crippen LogP contribution is 2.35. The van der Waals surface area contributed by atoms with Gasteiger partial charge in [0.1, 0.15) is 0 Å². The van der Waals surface area contributed by atoms with Crippen molar-refractivity contribution in [2.24, 2.45) is 0 Å². The maximum atomic E-state index is 13.2. The normalized spacial score (nSPS) is 19.0. The molecule has 148 valence electrons. The van der Waals surface area contributed by atoms with Crippen molar-refractivity contribution in [3.63, 3.8) is 0 Å². The number of aryl methyl sites for hydroxylation is 1. The number of alkyl halides is 3. The minimum Gasteiger partial charge on any atom is -0.323 e. The Morgan fingerprint density at radius 3 is 2.62 bits per heavy atom. The number of rotatable bonds is 4. The van der Waals surface area contributed by atoms with E-state index in [4.69, 9.17) is 0 Å². The molecule has 1 fully saturated rings. The summed E-state index contributed by atoms with van der Waals surface area (Å²) in [7, 11) is -0.744. The zero-order chi connectivity index (χ0) is 19.7. The van der Waals surface area contributed by atoms with Crippen LogP contribution in [0.4, 0.5) is 23.7 Å². The number of nitrogens with one attached hydrogen (secondary N) is 1. The number of hydrogen-bond donors (Lipinski definition) is 1. The molecule has 8 nitrogen and oxygen atoms in total. The van der Waals surface area contributed by atoms with Crippen LogP contribution in [0.1, 0.15) is 25.5 Å². The molecule has 2 heterocycles. The molecule has 1 saturated heterocycles. The van der Waals surface area contributed by atoms with Gasteiger partial charge in [0.25, 0.3) is 0 Å². The summed E-state index contributed by atoms with van der Waals surface area (Å²) in [6.07, 6.45) is -2.88. The molecule has 1 aliphatic rings. The van der Waals surface area contributed by atoms with Gasteiger partial charge in [-0.15, -0.1) is 0 Å². The molecule has 1 aromatic rings. The molecule has 26 heavy (non-hydrogen) atoms. The van der Waals surface area contributed by atoms with Crippen molar-refractivity contribution in [2.45, 2.75) is 37.7 Å². The SMILES string of the molecule is CCn1ncc(NC(=O)N2CCCC(S(=O)(=O)N(C)C)C2)c1C(F)(F)F. The molecule has 0 saturated carbocycles. The van der Waals surface area contributed by atoms with E-state index in [1.807, 2.05) is 0 Å². The van der Waals surface area contributed by atoms with Crippen LogP contribution in [-0.2, 0) is 22.7 Å². The Morgan fingerprint density at radius 2 is 2.08 bits per heavy atom. The van der Waals surface area contributed by atoms with E-state index < -0.39 is 38.9 Å². The third-order valence-electron chi connectivity index (χ3n) is 4.24. The van der Waals surface area contributed by atoms with Gasteiger partial charge in [0, 0.05) is 33.7 Å². The van der Waals surface area contributed by atoms with E-state index in [1.54, 1.807) is 0 Å². The maximum absolute atomic E-state index is 13.2. The lowest BCUT2D eigenvalue weighted by atomic mass is 10.1. The van der Waals surface area contributed by atoms with Crippen molar-refractivity contribution in [3.8, 4) is 0 Å². The number of sulfonamides is 1. The van der Waals surface area contributed by atoms with Crippen LogP contribution in [0.3, 0.4) is 0 Å². The van der Waals surface area contributed by atoms with Gasteiger partial charge in [0.2, 0.25) is 10.0 Å². The molecule has 0 aliphatic carbocycles. The van der Waals surface area contributed by atoms with Crippen LogP contribution in [0.2, 0.25) is 0 Å². The largest absolute Gasteiger partial charge is 0.435 e. The quantitative estimate of drug-likeness (QED) is 0.839. The lowest BCUT2D eigenvalue weighted by Crippen LogP contribution is -2.49. The minimum absolute atomic E-state index is 0.00240. The Balaban J connectivity index is 2.17. The third-order valence-corrected chi connectivity index (χ3v) is 6.49. The summed E-state index contributed by atoms with van der Waals surface area (Å²) in [5, 5.41) is 5.08. The van der Waals surface area contributed by atoms with Gasteiger partial charge >= 0.3 is 12.2 Å². The molecular formula is C14H22F3N5O3S. The number of likely N-dealkylation sites (tertiary alicyclic amines) is 1. The summed E-state index contributed by atoms with van der Waals surface area (Å²) >= 11 is 0. The predicted molar refractivity (Wildman–Crippen MR) is 89.1 cm³/mol. The number of anilines is 1. The van der Waals surface area contributed by atoms with Crippen LogP contribution < -0.4 is 5.32 Å². The van der Waals surface area contributed by atoms with E-state index in [2.05, 4.69) is 10.4 Å². The molecule has 0 aromatic carbocycles.